The maximum Gasteiger partial charge on any atom is 0.180 e. The largest absolute Gasteiger partial charge is 0.364 e. The Labute approximate surface area is 198 Å². The zero-order valence-corrected chi connectivity index (χ0v) is 19.2. The van der Waals surface area contributed by atoms with E-state index in [1.165, 1.54) is 24.3 Å². The predicted molar refractivity (Wildman–Crippen MR) is 132 cm³/mol. The Balaban J connectivity index is 1.32. The molecular formula is C28H28FN3O2. The lowest BCUT2D eigenvalue weighted by Gasteiger charge is -2.26. The molecule has 2 aromatic heterocycles. The molecule has 1 atom stereocenters. The summed E-state index contributed by atoms with van der Waals surface area (Å²) >= 11 is 0. The molecule has 0 aliphatic carbocycles. The number of halogens is 1. The first kappa shape index (κ1) is 22.5. The third-order valence-electron chi connectivity index (χ3n) is 6.44. The van der Waals surface area contributed by atoms with Gasteiger partial charge in [0, 0.05) is 56.6 Å². The lowest BCUT2D eigenvalue weighted by molar-refractivity contribution is -0.0769. The molecule has 0 radical (unpaired) electrons. The molecule has 0 saturated heterocycles. The standard InChI is InChI=1S/C28H28FN3O2/c1-34-28(33)23-7-5-20(6-8-23)19-32-16-12-26-25(9-13-30-27(26)32)22-10-14-31(15-11-22)18-21-3-2-4-24(29)17-21/h2-10,12-13,16-17,28,33H,11,14-15,18-19H2,1H3. The molecule has 0 spiro atoms. The normalized spacial score (nSPS) is 15.4. The Kier molecular flexibility index (Phi) is 6.54. The molecular weight excluding hydrogens is 429 g/mol. The zero-order valence-electron chi connectivity index (χ0n) is 19.2. The monoisotopic (exact) mass is 457 g/mol. The third-order valence-corrected chi connectivity index (χ3v) is 6.44. The van der Waals surface area contributed by atoms with Gasteiger partial charge in [-0.25, -0.2) is 9.37 Å². The van der Waals surface area contributed by atoms with E-state index in [0.717, 1.165) is 53.8 Å². The van der Waals surface area contributed by atoms with Crippen LogP contribution >= 0.6 is 0 Å². The Hall–Kier alpha value is -3.32. The molecule has 1 aliphatic heterocycles. The van der Waals surface area contributed by atoms with Crippen LogP contribution < -0.4 is 0 Å². The van der Waals surface area contributed by atoms with Gasteiger partial charge in [-0.2, -0.15) is 0 Å². The Morgan fingerprint density at radius 2 is 1.91 bits per heavy atom. The lowest BCUT2D eigenvalue weighted by Crippen LogP contribution is -2.28. The van der Waals surface area contributed by atoms with Crippen LogP contribution in [0.3, 0.4) is 0 Å². The van der Waals surface area contributed by atoms with Gasteiger partial charge in [-0.3, -0.25) is 4.90 Å². The summed E-state index contributed by atoms with van der Waals surface area (Å²) in [5.74, 6) is -0.182. The molecule has 1 unspecified atom stereocenters. The third kappa shape index (κ3) is 4.80. The Bertz CT molecular complexity index is 1310. The van der Waals surface area contributed by atoms with Crippen molar-refractivity contribution in [2.24, 2.45) is 0 Å². The molecule has 0 fully saturated rings. The summed E-state index contributed by atoms with van der Waals surface area (Å²) in [5, 5.41) is 11.0. The number of ether oxygens (including phenoxy) is 1. The van der Waals surface area contributed by atoms with Crippen molar-refractivity contribution in [2.45, 2.75) is 25.8 Å². The summed E-state index contributed by atoms with van der Waals surface area (Å²) < 4.78 is 20.6. The van der Waals surface area contributed by atoms with Gasteiger partial charge in [0.25, 0.3) is 0 Å². The average Bonchev–Trinajstić information content (AvgIpc) is 3.27. The number of benzene rings is 2. The van der Waals surface area contributed by atoms with Gasteiger partial charge >= 0.3 is 0 Å². The molecule has 6 heteroatoms. The van der Waals surface area contributed by atoms with E-state index in [2.05, 4.69) is 38.9 Å². The number of nitrogens with zero attached hydrogens (tertiary/aromatic N) is 3. The van der Waals surface area contributed by atoms with Gasteiger partial charge in [0.15, 0.2) is 6.29 Å². The summed E-state index contributed by atoms with van der Waals surface area (Å²) in [4.78, 5) is 7.00. The second kappa shape index (κ2) is 9.89. The highest BCUT2D eigenvalue weighted by Gasteiger charge is 2.17. The van der Waals surface area contributed by atoms with Gasteiger partial charge in [-0.05, 0) is 52.9 Å². The van der Waals surface area contributed by atoms with Crippen molar-refractivity contribution < 1.29 is 14.2 Å². The maximum atomic E-state index is 13.5. The molecule has 2 aromatic carbocycles. The van der Waals surface area contributed by atoms with E-state index in [1.54, 1.807) is 12.1 Å². The molecule has 174 valence electrons. The minimum absolute atomic E-state index is 0.182. The first-order valence-electron chi connectivity index (χ1n) is 11.5. The summed E-state index contributed by atoms with van der Waals surface area (Å²) in [6, 6.07) is 18.9. The molecule has 4 aromatic rings. The number of aliphatic hydroxyl groups excluding tert-OH is 1. The van der Waals surface area contributed by atoms with Crippen molar-refractivity contribution in [3.8, 4) is 0 Å². The number of pyridine rings is 1. The van der Waals surface area contributed by atoms with Crippen LogP contribution in [0.25, 0.3) is 16.6 Å². The number of methoxy groups -OCH3 is 1. The number of aromatic nitrogens is 2. The molecule has 3 heterocycles. The number of aliphatic hydroxyl groups is 1. The number of fused-ring (bicyclic) bond motifs is 1. The van der Waals surface area contributed by atoms with Gasteiger partial charge in [-0.15, -0.1) is 0 Å². The van der Waals surface area contributed by atoms with E-state index < -0.39 is 6.29 Å². The van der Waals surface area contributed by atoms with Gasteiger partial charge in [0.1, 0.15) is 11.5 Å². The first-order valence-corrected chi connectivity index (χ1v) is 11.5. The minimum atomic E-state index is -0.903. The summed E-state index contributed by atoms with van der Waals surface area (Å²) in [7, 11) is 1.48. The van der Waals surface area contributed by atoms with E-state index >= 15 is 0 Å². The number of rotatable bonds is 7. The van der Waals surface area contributed by atoms with Crippen LogP contribution in [0.15, 0.2) is 79.1 Å². The fraction of sp³-hybridized carbons (Fsp3) is 0.250. The molecule has 0 saturated carbocycles. The molecule has 5 rings (SSSR count). The van der Waals surface area contributed by atoms with Crippen LogP contribution in [0.1, 0.15) is 35.0 Å². The Morgan fingerprint density at radius 1 is 1.06 bits per heavy atom. The van der Waals surface area contributed by atoms with Crippen molar-refractivity contribution in [3.63, 3.8) is 0 Å². The highest BCUT2D eigenvalue weighted by molar-refractivity contribution is 5.90. The number of hydrogen-bond acceptors (Lipinski definition) is 4. The molecule has 0 bridgehead atoms. The molecule has 5 nitrogen and oxygen atoms in total. The lowest BCUT2D eigenvalue weighted by atomic mass is 9.97. The van der Waals surface area contributed by atoms with E-state index in [-0.39, 0.29) is 5.82 Å². The Morgan fingerprint density at radius 3 is 2.65 bits per heavy atom. The summed E-state index contributed by atoms with van der Waals surface area (Å²) in [6.07, 6.45) is 6.29. The van der Waals surface area contributed by atoms with E-state index in [9.17, 15) is 9.50 Å². The van der Waals surface area contributed by atoms with E-state index in [0.29, 0.717) is 6.54 Å². The summed E-state index contributed by atoms with van der Waals surface area (Å²) in [5.41, 5.74) is 6.39. The molecule has 1 N–H and O–H groups in total. The van der Waals surface area contributed by atoms with Crippen LogP contribution in [-0.2, 0) is 17.8 Å². The fourth-order valence-electron chi connectivity index (χ4n) is 4.61. The van der Waals surface area contributed by atoms with E-state index in [1.807, 2.05) is 36.5 Å². The second-order valence-electron chi connectivity index (χ2n) is 8.71. The first-order chi connectivity index (χ1) is 16.6. The average molecular weight is 458 g/mol. The topological polar surface area (TPSA) is 50.5 Å². The van der Waals surface area contributed by atoms with Crippen LogP contribution in [0.4, 0.5) is 4.39 Å². The van der Waals surface area contributed by atoms with Crippen LogP contribution in [-0.4, -0.2) is 39.8 Å². The SMILES string of the molecule is COC(O)c1ccc(Cn2ccc3c(C4=CCN(Cc5cccc(F)c5)CC4)ccnc32)cc1. The summed E-state index contributed by atoms with van der Waals surface area (Å²) in [6.45, 7) is 3.23. The van der Waals surface area contributed by atoms with Gasteiger partial charge in [0.05, 0.1) is 0 Å². The van der Waals surface area contributed by atoms with E-state index in [4.69, 9.17) is 4.74 Å². The predicted octanol–water partition coefficient (Wildman–Crippen LogP) is 5.15. The van der Waals surface area contributed by atoms with Gasteiger partial charge < -0.3 is 14.4 Å². The van der Waals surface area contributed by atoms with Crippen LogP contribution in [0, 0.1) is 5.82 Å². The fourth-order valence-corrected chi connectivity index (χ4v) is 4.61. The van der Waals surface area contributed by atoms with Crippen molar-refractivity contribution in [3.05, 3.63) is 107 Å². The molecule has 0 amide bonds. The van der Waals surface area contributed by atoms with Crippen LogP contribution in [0.5, 0.6) is 0 Å². The van der Waals surface area contributed by atoms with Gasteiger partial charge in [0.2, 0.25) is 0 Å². The number of hydrogen-bond donors (Lipinski definition) is 1. The minimum Gasteiger partial charge on any atom is -0.364 e. The highest BCUT2D eigenvalue weighted by atomic mass is 19.1. The van der Waals surface area contributed by atoms with Crippen molar-refractivity contribution in [1.29, 1.82) is 0 Å². The van der Waals surface area contributed by atoms with Crippen molar-refractivity contribution in [2.75, 3.05) is 20.2 Å². The smallest absolute Gasteiger partial charge is 0.180 e. The maximum absolute atomic E-state index is 13.5. The highest BCUT2D eigenvalue weighted by Crippen LogP contribution is 2.30. The van der Waals surface area contributed by atoms with Gasteiger partial charge in [-0.1, -0.05) is 42.5 Å². The quantitative estimate of drug-likeness (QED) is 0.390. The zero-order chi connectivity index (χ0) is 23.5. The van der Waals surface area contributed by atoms with Crippen molar-refractivity contribution >= 4 is 16.6 Å². The van der Waals surface area contributed by atoms with Crippen LogP contribution in [0.2, 0.25) is 0 Å². The van der Waals surface area contributed by atoms with Crippen molar-refractivity contribution in [1.82, 2.24) is 14.5 Å². The molecule has 34 heavy (non-hydrogen) atoms. The molecule has 1 aliphatic rings. The second-order valence-corrected chi connectivity index (χ2v) is 8.71.